The molecule has 7 N–H and O–H groups in total. The number of aromatic nitrogens is 3. The van der Waals surface area contributed by atoms with Crippen LogP contribution in [-0.2, 0) is 6.42 Å². The molecule has 8 heteroatoms. The standard InChI is InChI=1S/C25H31N7O/c1-15-24-18(12-19(26)17-4-2-3-5-22(17)33)25(27)31-20(24)8-11-32(15)23-14-29-21(13-30-23)16-6-9-28-10-7-16/h2-5,12-16,28,31,33H,6-11,26-27H2,1H3/b19-12-. The Morgan fingerprint density at radius 2 is 1.97 bits per heavy atom. The van der Waals surface area contributed by atoms with Crippen molar-refractivity contribution in [1.29, 1.82) is 0 Å². The third-order valence-electron chi connectivity index (χ3n) is 6.90. The lowest BCUT2D eigenvalue weighted by Gasteiger charge is -2.35. The van der Waals surface area contributed by atoms with E-state index in [0.717, 1.165) is 67.2 Å². The van der Waals surface area contributed by atoms with Crippen LogP contribution in [0.25, 0.3) is 11.8 Å². The predicted molar refractivity (Wildman–Crippen MR) is 132 cm³/mol. The summed E-state index contributed by atoms with van der Waals surface area (Å²) in [6.45, 7) is 5.05. The number of nitrogens with zero attached hydrogens (tertiary/aromatic N) is 3. The molecule has 0 aliphatic carbocycles. The molecule has 1 saturated heterocycles. The van der Waals surface area contributed by atoms with Crippen LogP contribution in [0.3, 0.4) is 0 Å². The van der Waals surface area contributed by atoms with Gasteiger partial charge < -0.3 is 31.8 Å². The van der Waals surface area contributed by atoms with Gasteiger partial charge >= 0.3 is 0 Å². The molecule has 2 aliphatic rings. The van der Waals surface area contributed by atoms with E-state index in [0.29, 0.717) is 23.0 Å². The third-order valence-corrected chi connectivity index (χ3v) is 6.90. The molecule has 1 fully saturated rings. The zero-order valence-corrected chi connectivity index (χ0v) is 18.9. The van der Waals surface area contributed by atoms with Crippen molar-refractivity contribution in [2.45, 2.75) is 38.1 Å². The van der Waals surface area contributed by atoms with Crippen LogP contribution >= 0.6 is 0 Å². The van der Waals surface area contributed by atoms with Crippen molar-refractivity contribution in [2.24, 2.45) is 5.73 Å². The van der Waals surface area contributed by atoms with E-state index in [1.165, 1.54) is 0 Å². The molecule has 1 atom stereocenters. The number of nitrogens with two attached hydrogens (primary N) is 2. The molecule has 3 aromatic rings. The fourth-order valence-electron chi connectivity index (χ4n) is 5.09. The molecular weight excluding hydrogens is 414 g/mol. The SMILES string of the molecule is CC1c2c([nH]c(N)c2/C=C(\N)c2ccccc2O)CCN1c1cnc(C2CCNCC2)cn1. The van der Waals surface area contributed by atoms with Crippen molar-refractivity contribution < 1.29 is 5.11 Å². The first-order valence-electron chi connectivity index (χ1n) is 11.6. The second-order valence-electron chi connectivity index (χ2n) is 8.90. The van der Waals surface area contributed by atoms with Crippen LogP contribution in [0.4, 0.5) is 11.6 Å². The van der Waals surface area contributed by atoms with Crippen LogP contribution in [-0.4, -0.2) is 39.7 Å². The molecule has 0 saturated carbocycles. The van der Waals surface area contributed by atoms with Gasteiger partial charge in [-0.3, -0.25) is 4.98 Å². The number of hydrogen-bond donors (Lipinski definition) is 5. The summed E-state index contributed by atoms with van der Waals surface area (Å²) in [5.74, 6) is 2.08. The summed E-state index contributed by atoms with van der Waals surface area (Å²) in [6, 6.07) is 7.09. The van der Waals surface area contributed by atoms with Gasteiger partial charge in [-0.25, -0.2) is 4.98 Å². The van der Waals surface area contributed by atoms with Crippen LogP contribution in [0, 0.1) is 0 Å². The summed E-state index contributed by atoms with van der Waals surface area (Å²) >= 11 is 0. The second-order valence-corrected chi connectivity index (χ2v) is 8.90. The number of H-pyrrole nitrogens is 1. The lowest BCUT2D eigenvalue weighted by atomic mass is 9.94. The smallest absolute Gasteiger partial charge is 0.147 e. The van der Waals surface area contributed by atoms with Crippen molar-refractivity contribution in [2.75, 3.05) is 30.3 Å². The molecule has 1 unspecified atom stereocenters. The maximum atomic E-state index is 10.2. The van der Waals surface area contributed by atoms with Crippen molar-refractivity contribution in [1.82, 2.24) is 20.3 Å². The van der Waals surface area contributed by atoms with Crippen LogP contribution in [0.15, 0.2) is 36.7 Å². The molecule has 0 amide bonds. The Labute approximate surface area is 193 Å². The van der Waals surface area contributed by atoms with Gasteiger partial charge in [0, 0.05) is 47.0 Å². The second kappa shape index (κ2) is 8.78. The Bertz CT molecular complexity index is 1160. The third kappa shape index (κ3) is 4.02. The van der Waals surface area contributed by atoms with E-state index in [1.807, 2.05) is 24.5 Å². The molecule has 2 aliphatic heterocycles. The average molecular weight is 446 g/mol. The van der Waals surface area contributed by atoms with Gasteiger partial charge in [-0.15, -0.1) is 0 Å². The fourth-order valence-corrected chi connectivity index (χ4v) is 5.09. The fraction of sp³-hybridized carbons (Fsp3) is 0.360. The largest absolute Gasteiger partial charge is 0.507 e. The molecule has 5 rings (SSSR count). The summed E-state index contributed by atoms with van der Waals surface area (Å²) in [5, 5.41) is 13.6. The van der Waals surface area contributed by atoms with Gasteiger partial charge in [0.1, 0.15) is 17.4 Å². The summed E-state index contributed by atoms with van der Waals surface area (Å²) in [6.07, 6.45) is 8.73. The normalized spacial score (nSPS) is 19.5. The van der Waals surface area contributed by atoms with Crippen molar-refractivity contribution >= 4 is 23.4 Å². The number of aromatic amines is 1. The van der Waals surface area contributed by atoms with Gasteiger partial charge in [-0.1, -0.05) is 12.1 Å². The number of para-hydroxylation sites is 1. The van der Waals surface area contributed by atoms with Crippen LogP contribution < -0.4 is 21.7 Å². The van der Waals surface area contributed by atoms with E-state index in [9.17, 15) is 5.11 Å². The Hall–Kier alpha value is -3.52. The summed E-state index contributed by atoms with van der Waals surface area (Å²) in [5.41, 5.74) is 18.0. The first kappa shape index (κ1) is 21.3. The van der Waals surface area contributed by atoms with Crippen molar-refractivity contribution in [3.8, 4) is 5.75 Å². The van der Waals surface area contributed by atoms with E-state index in [1.54, 1.807) is 18.2 Å². The Morgan fingerprint density at radius 3 is 2.70 bits per heavy atom. The van der Waals surface area contributed by atoms with Crippen LogP contribution in [0.2, 0.25) is 0 Å². The number of nitrogens with one attached hydrogen (secondary N) is 2. The van der Waals surface area contributed by atoms with Crippen LogP contribution in [0.1, 0.15) is 59.8 Å². The number of rotatable bonds is 4. The zero-order chi connectivity index (χ0) is 22.9. The number of hydrogen-bond acceptors (Lipinski definition) is 7. The number of phenols is 1. The molecule has 0 bridgehead atoms. The average Bonchev–Trinajstić information content (AvgIpc) is 3.16. The lowest BCUT2D eigenvalue weighted by Crippen LogP contribution is -2.34. The highest BCUT2D eigenvalue weighted by molar-refractivity contribution is 5.86. The van der Waals surface area contributed by atoms with Gasteiger partial charge in [0.05, 0.1) is 24.1 Å². The quantitative estimate of drug-likeness (QED) is 0.417. The molecule has 33 heavy (non-hydrogen) atoms. The first-order valence-corrected chi connectivity index (χ1v) is 11.6. The highest BCUT2D eigenvalue weighted by atomic mass is 16.3. The number of nitrogen functional groups attached to an aromatic ring is 1. The molecule has 2 aromatic heterocycles. The monoisotopic (exact) mass is 445 g/mol. The maximum absolute atomic E-state index is 10.2. The van der Waals surface area contributed by atoms with E-state index in [4.69, 9.17) is 21.4 Å². The number of anilines is 2. The van der Waals surface area contributed by atoms with Gasteiger partial charge in [0.15, 0.2) is 0 Å². The molecular formula is C25H31N7O. The maximum Gasteiger partial charge on any atom is 0.147 e. The number of aromatic hydroxyl groups is 1. The van der Waals surface area contributed by atoms with Gasteiger partial charge in [0.2, 0.25) is 0 Å². The van der Waals surface area contributed by atoms with Gasteiger partial charge in [-0.2, -0.15) is 0 Å². The molecule has 1 aromatic carbocycles. The molecule has 4 heterocycles. The summed E-state index contributed by atoms with van der Waals surface area (Å²) < 4.78 is 0. The number of phenolic OH excluding ortho intramolecular Hbond substituents is 1. The zero-order valence-electron chi connectivity index (χ0n) is 18.9. The Balaban J connectivity index is 1.44. The number of fused-ring (bicyclic) bond motifs is 1. The van der Waals surface area contributed by atoms with E-state index < -0.39 is 0 Å². The van der Waals surface area contributed by atoms with Crippen molar-refractivity contribution in [3.63, 3.8) is 0 Å². The van der Waals surface area contributed by atoms with Gasteiger partial charge in [0.25, 0.3) is 0 Å². The molecule has 172 valence electrons. The summed E-state index contributed by atoms with van der Waals surface area (Å²) in [7, 11) is 0. The molecule has 8 nitrogen and oxygen atoms in total. The number of benzene rings is 1. The number of piperidine rings is 1. The van der Waals surface area contributed by atoms with Crippen LogP contribution in [0.5, 0.6) is 5.75 Å². The van der Waals surface area contributed by atoms with E-state index in [-0.39, 0.29) is 11.8 Å². The van der Waals surface area contributed by atoms with Crippen molar-refractivity contribution in [3.05, 3.63) is 64.7 Å². The highest BCUT2D eigenvalue weighted by Gasteiger charge is 2.30. The minimum atomic E-state index is 0.0461. The molecule has 0 spiro atoms. The molecule has 0 radical (unpaired) electrons. The topological polar surface area (TPSA) is 129 Å². The van der Waals surface area contributed by atoms with E-state index >= 15 is 0 Å². The minimum Gasteiger partial charge on any atom is -0.507 e. The minimum absolute atomic E-state index is 0.0461. The highest BCUT2D eigenvalue weighted by Crippen LogP contribution is 2.39. The van der Waals surface area contributed by atoms with Gasteiger partial charge in [-0.05, 0) is 51.1 Å². The Morgan fingerprint density at radius 1 is 1.18 bits per heavy atom. The predicted octanol–water partition coefficient (Wildman–Crippen LogP) is 3.14. The first-order chi connectivity index (χ1) is 16.0. The van der Waals surface area contributed by atoms with E-state index in [2.05, 4.69) is 22.1 Å². The lowest BCUT2D eigenvalue weighted by molar-refractivity contribution is 0.452. The Kier molecular flexibility index (Phi) is 5.68. The summed E-state index contributed by atoms with van der Waals surface area (Å²) in [4.78, 5) is 15.2.